The summed E-state index contributed by atoms with van der Waals surface area (Å²) in [4.78, 5) is 31.6. The molecule has 116 valence electrons. The van der Waals surface area contributed by atoms with E-state index in [0.717, 1.165) is 19.4 Å². The molecule has 1 aromatic heterocycles. The first-order valence-electron chi connectivity index (χ1n) is 6.13. The molecule has 21 heavy (non-hydrogen) atoms. The minimum absolute atomic E-state index is 0.00475. The molecule has 0 aliphatic rings. The molecule has 0 fully saturated rings. The Morgan fingerprint density at radius 2 is 2.00 bits per heavy atom. The average Bonchev–Trinajstić information content (AvgIpc) is 2.35. The molecule has 0 saturated heterocycles. The number of hydrogen-bond donors (Lipinski definition) is 0. The van der Waals surface area contributed by atoms with Crippen LogP contribution in [0.1, 0.15) is 36.2 Å². The van der Waals surface area contributed by atoms with Crippen LogP contribution < -0.4 is 0 Å². The van der Waals surface area contributed by atoms with Gasteiger partial charge in [-0.3, -0.25) is 9.78 Å². The van der Waals surface area contributed by atoms with Crippen molar-refractivity contribution in [2.45, 2.75) is 26.4 Å². The van der Waals surface area contributed by atoms with Crippen LogP contribution in [0.25, 0.3) is 0 Å². The van der Waals surface area contributed by atoms with Crippen molar-refractivity contribution in [3.8, 4) is 0 Å². The van der Waals surface area contributed by atoms with Crippen LogP contribution in [-0.4, -0.2) is 29.0 Å². The summed E-state index contributed by atoms with van der Waals surface area (Å²) in [6, 6.07) is 0.691. The monoisotopic (exact) mass is 304 g/mol. The number of hydrogen-bond acceptors (Lipinski definition) is 4. The molecule has 0 atom stereocenters. The molecule has 0 radical (unpaired) electrons. The Balaban J connectivity index is 2.91. The van der Waals surface area contributed by atoms with Gasteiger partial charge in [0.25, 0.3) is 5.91 Å². The Kier molecular flexibility index (Phi) is 5.28. The Hall–Kier alpha value is -2.12. The summed E-state index contributed by atoms with van der Waals surface area (Å²) in [5, 5.41) is 0.483. The van der Waals surface area contributed by atoms with E-state index in [-0.39, 0.29) is 12.3 Å². The highest BCUT2D eigenvalue weighted by molar-refractivity contribution is 5.95. The van der Waals surface area contributed by atoms with Crippen LogP contribution in [-0.2, 0) is 15.8 Å². The Labute approximate surface area is 119 Å². The van der Waals surface area contributed by atoms with Gasteiger partial charge in [-0.05, 0) is 12.0 Å². The lowest BCUT2D eigenvalue weighted by Crippen LogP contribution is -2.32. The number of nitrogens with zero attached hydrogens (tertiary/aromatic N) is 2. The van der Waals surface area contributed by atoms with E-state index >= 15 is 0 Å². The Morgan fingerprint density at radius 1 is 1.38 bits per heavy atom. The summed E-state index contributed by atoms with van der Waals surface area (Å²) in [5.74, 6) is -1.78. The van der Waals surface area contributed by atoms with Crippen molar-refractivity contribution in [3.63, 3.8) is 0 Å². The maximum absolute atomic E-state index is 12.8. The maximum Gasteiger partial charge on any atom is 0.417 e. The van der Waals surface area contributed by atoms with Gasteiger partial charge in [-0.15, -0.1) is 0 Å². The molecule has 0 unspecified atom stereocenters. The smallest absolute Gasteiger partial charge is 0.338 e. The Bertz CT molecular complexity index is 530. The summed E-state index contributed by atoms with van der Waals surface area (Å²) in [6.45, 7) is 3.54. The van der Waals surface area contributed by atoms with E-state index in [0.29, 0.717) is 11.1 Å². The molecule has 0 aliphatic heterocycles. The first kappa shape index (κ1) is 16.9. The summed E-state index contributed by atoms with van der Waals surface area (Å²) >= 11 is 0. The van der Waals surface area contributed by atoms with Crippen molar-refractivity contribution in [2.75, 3.05) is 7.05 Å². The van der Waals surface area contributed by atoms with Gasteiger partial charge in [0.05, 0.1) is 17.5 Å². The van der Waals surface area contributed by atoms with Crippen molar-refractivity contribution < 1.29 is 27.6 Å². The van der Waals surface area contributed by atoms with E-state index in [9.17, 15) is 22.8 Å². The third-order valence-corrected chi connectivity index (χ3v) is 2.46. The highest BCUT2D eigenvalue weighted by Crippen LogP contribution is 2.31. The van der Waals surface area contributed by atoms with Gasteiger partial charge in [-0.25, -0.2) is 4.79 Å². The highest BCUT2D eigenvalue weighted by atomic mass is 19.4. The number of rotatable bonds is 3. The second-order valence-corrected chi connectivity index (χ2v) is 4.78. The predicted octanol–water partition coefficient (Wildman–Crippen LogP) is 2.68. The first-order valence-corrected chi connectivity index (χ1v) is 6.13. The van der Waals surface area contributed by atoms with Crippen LogP contribution in [0, 0.1) is 5.92 Å². The lowest BCUT2D eigenvalue weighted by atomic mass is 10.1. The second-order valence-electron chi connectivity index (χ2n) is 4.78. The van der Waals surface area contributed by atoms with Crippen LogP contribution in [0.3, 0.4) is 0 Å². The Morgan fingerprint density at radius 3 is 2.52 bits per heavy atom. The summed E-state index contributed by atoms with van der Waals surface area (Å²) in [6.07, 6.45) is -2.92. The molecule has 8 heteroatoms. The van der Waals surface area contributed by atoms with Gasteiger partial charge in [0.2, 0.25) is 0 Å². The van der Waals surface area contributed by atoms with Crippen molar-refractivity contribution in [3.05, 3.63) is 29.6 Å². The largest absolute Gasteiger partial charge is 0.417 e. The van der Waals surface area contributed by atoms with E-state index in [1.165, 1.54) is 0 Å². The molecular weight excluding hydrogens is 289 g/mol. The van der Waals surface area contributed by atoms with E-state index in [2.05, 4.69) is 4.98 Å². The van der Waals surface area contributed by atoms with Crippen LogP contribution in [0.2, 0.25) is 0 Å². The average molecular weight is 304 g/mol. The molecule has 1 rings (SSSR count). The van der Waals surface area contributed by atoms with Gasteiger partial charge in [-0.2, -0.15) is 18.2 Å². The number of aromatic nitrogens is 1. The van der Waals surface area contributed by atoms with Crippen molar-refractivity contribution >= 4 is 11.9 Å². The topological polar surface area (TPSA) is 59.5 Å². The SMILES string of the molecule is CC(C)CC(=O)ON(C)C(=O)c1cnccc1C(F)(F)F. The maximum atomic E-state index is 12.8. The molecule has 0 aliphatic carbocycles. The van der Waals surface area contributed by atoms with Gasteiger partial charge in [0.1, 0.15) is 0 Å². The number of alkyl halides is 3. The molecule has 1 heterocycles. The zero-order valence-corrected chi connectivity index (χ0v) is 11.8. The van der Waals surface area contributed by atoms with Crippen LogP contribution >= 0.6 is 0 Å². The molecule has 0 saturated carbocycles. The van der Waals surface area contributed by atoms with E-state index in [4.69, 9.17) is 4.84 Å². The van der Waals surface area contributed by atoms with E-state index in [1.807, 2.05) is 0 Å². The molecule has 0 aromatic carbocycles. The fourth-order valence-electron chi connectivity index (χ4n) is 1.55. The second kappa shape index (κ2) is 6.55. The number of amides is 1. The lowest BCUT2D eigenvalue weighted by Gasteiger charge is -2.19. The summed E-state index contributed by atoms with van der Waals surface area (Å²) in [5.41, 5.74) is -1.81. The minimum Gasteiger partial charge on any atom is -0.338 e. The van der Waals surface area contributed by atoms with E-state index in [1.54, 1.807) is 13.8 Å². The van der Waals surface area contributed by atoms with Gasteiger partial charge in [0.15, 0.2) is 0 Å². The van der Waals surface area contributed by atoms with Crippen molar-refractivity contribution in [2.24, 2.45) is 5.92 Å². The summed E-state index contributed by atoms with van der Waals surface area (Å²) in [7, 11) is 1.08. The number of carbonyl (C=O) groups excluding carboxylic acids is 2. The molecule has 0 bridgehead atoms. The highest BCUT2D eigenvalue weighted by Gasteiger charge is 2.36. The normalized spacial score (nSPS) is 11.4. The number of carbonyl (C=O) groups is 2. The molecule has 1 aromatic rings. The lowest BCUT2D eigenvalue weighted by molar-refractivity contribution is -0.174. The number of hydroxylamine groups is 2. The fraction of sp³-hybridized carbons (Fsp3) is 0.462. The zero-order valence-electron chi connectivity index (χ0n) is 11.8. The van der Waals surface area contributed by atoms with Gasteiger partial charge < -0.3 is 4.84 Å². The van der Waals surface area contributed by atoms with Gasteiger partial charge in [0, 0.05) is 19.4 Å². The minimum atomic E-state index is -4.70. The van der Waals surface area contributed by atoms with Crippen molar-refractivity contribution in [1.29, 1.82) is 0 Å². The van der Waals surface area contributed by atoms with E-state index < -0.39 is 29.2 Å². The van der Waals surface area contributed by atoms with Crippen LogP contribution in [0.15, 0.2) is 18.5 Å². The van der Waals surface area contributed by atoms with Gasteiger partial charge >= 0.3 is 12.1 Å². The van der Waals surface area contributed by atoms with Crippen LogP contribution in [0.4, 0.5) is 13.2 Å². The molecular formula is C13H15F3N2O3. The number of pyridine rings is 1. The van der Waals surface area contributed by atoms with Crippen LogP contribution in [0.5, 0.6) is 0 Å². The van der Waals surface area contributed by atoms with Gasteiger partial charge in [-0.1, -0.05) is 13.8 Å². The third kappa shape index (κ3) is 4.73. The molecule has 1 amide bonds. The standard InChI is InChI=1S/C13H15F3N2O3/c1-8(2)6-11(19)21-18(3)12(20)9-7-17-5-4-10(9)13(14,15)16/h4-5,7-8H,6H2,1-3H3. The predicted molar refractivity (Wildman–Crippen MR) is 66.9 cm³/mol. The summed E-state index contributed by atoms with van der Waals surface area (Å²) < 4.78 is 38.4. The third-order valence-electron chi connectivity index (χ3n) is 2.46. The molecule has 0 N–H and O–H groups in total. The van der Waals surface area contributed by atoms with Crippen molar-refractivity contribution in [1.82, 2.24) is 10.0 Å². The molecule has 5 nitrogen and oxygen atoms in total. The first-order chi connectivity index (χ1) is 9.62. The number of halogens is 3. The molecule has 0 spiro atoms. The quantitative estimate of drug-likeness (QED) is 0.806. The fourth-order valence-corrected chi connectivity index (χ4v) is 1.55. The zero-order chi connectivity index (χ0) is 16.2.